The Balaban J connectivity index is 3.21. The van der Waals surface area contributed by atoms with Crippen LogP contribution in [0.1, 0.15) is 20.3 Å². The van der Waals surface area contributed by atoms with Gasteiger partial charge in [-0.2, -0.15) is 5.26 Å². The lowest BCUT2D eigenvalue weighted by atomic mass is 10.3. The maximum atomic E-state index is 9.33. The molecule has 0 spiro atoms. The third-order valence-corrected chi connectivity index (χ3v) is 1.43. The van der Waals surface area contributed by atoms with Crippen LogP contribution in [0, 0.1) is 11.3 Å². The zero-order valence-electron chi connectivity index (χ0n) is 8.29. The summed E-state index contributed by atoms with van der Waals surface area (Å²) in [5.41, 5.74) is 0. The number of nitrogens with one attached hydrogen (secondary N) is 1. The second-order valence-corrected chi connectivity index (χ2v) is 3.20. The Labute approximate surface area is 79.5 Å². The molecule has 0 rings (SSSR count). The summed E-state index contributed by atoms with van der Waals surface area (Å²) in [5.74, 6) is 0. The van der Waals surface area contributed by atoms with Gasteiger partial charge < -0.3 is 15.2 Å². The van der Waals surface area contributed by atoms with Crippen LogP contribution in [0.2, 0.25) is 0 Å². The van der Waals surface area contributed by atoms with E-state index in [2.05, 4.69) is 5.32 Å². The standard InChI is InChI=1S/C9H18N2O2/c1-8(2)11-6-9(12)7-13-5-3-4-10/h8-9,11-12H,3,5-7H2,1-2H3. The third kappa shape index (κ3) is 9.28. The van der Waals surface area contributed by atoms with Crippen molar-refractivity contribution in [3.8, 4) is 6.07 Å². The highest BCUT2D eigenvalue weighted by Gasteiger charge is 2.03. The molecule has 0 aliphatic heterocycles. The predicted molar refractivity (Wildman–Crippen MR) is 50.2 cm³/mol. The first kappa shape index (κ1) is 12.4. The van der Waals surface area contributed by atoms with Crippen molar-refractivity contribution in [2.45, 2.75) is 32.4 Å². The average Bonchev–Trinajstić information content (AvgIpc) is 2.09. The Hall–Kier alpha value is -0.630. The van der Waals surface area contributed by atoms with Crippen molar-refractivity contribution < 1.29 is 9.84 Å². The first-order chi connectivity index (χ1) is 6.16. The Morgan fingerprint density at radius 2 is 2.23 bits per heavy atom. The smallest absolute Gasteiger partial charge is 0.0897 e. The van der Waals surface area contributed by atoms with Crippen LogP contribution in [-0.4, -0.2) is 37.0 Å². The molecule has 2 N–H and O–H groups in total. The summed E-state index contributed by atoms with van der Waals surface area (Å²) in [5, 5.41) is 20.6. The average molecular weight is 186 g/mol. The molecule has 0 saturated carbocycles. The lowest BCUT2D eigenvalue weighted by Crippen LogP contribution is -2.34. The maximum Gasteiger partial charge on any atom is 0.0897 e. The molecule has 0 radical (unpaired) electrons. The van der Waals surface area contributed by atoms with E-state index in [4.69, 9.17) is 10.00 Å². The first-order valence-corrected chi connectivity index (χ1v) is 4.53. The first-order valence-electron chi connectivity index (χ1n) is 4.53. The molecule has 4 nitrogen and oxygen atoms in total. The quantitative estimate of drug-likeness (QED) is 0.560. The SMILES string of the molecule is CC(C)NCC(O)COCCC#N. The van der Waals surface area contributed by atoms with E-state index in [9.17, 15) is 5.11 Å². The van der Waals surface area contributed by atoms with E-state index >= 15 is 0 Å². The summed E-state index contributed by atoms with van der Waals surface area (Å²) < 4.78 is 5.06. The highest BCUT2D eigenvalue weighted by atomic mass is 16.5. The Bertz CT molecular complexity index is 154. The number of nitrogens with zero attached hydrogens (tertiary/aromatic N) is 1. The molecule has 0 amide bonds. The van der Waals surface area contributed by atoms with E-state index in [1.165, 1.54) is 0 Å². The number of nitriles is 1. The zero-order chi connectivity index (χ0) is 10.1. The molecule has 0 aliphatic carbocycles. The van der Waals surface area contributed by atoms with Gasteiger partial charge in [-0.05, 0) is 0 Å². The third-order valence-electron chi connectivity index (χ3n) is 1.43. The van der Waals surface area contributed by atoms with Gasteiger partial charge in [-0.25, -0.2) is 0 Å². The minimum Gasteiger partial charge on any atom is -0.389 e. The second kappa shape index (κ2) is 7.99. The molecule has 0 aliphatic rings. The summed E-state index contributed by atoms with van der Waals surface area (Å²) in [7, 11) is 0. The molecular weight excluding hydrogens is 168 g/mol. The summed E-state index contributed by atoms with van der Waals surface area (Å²) >= 11 is 0. The van der Waals surface area contributed by atoms with Gasteiger partial charge in [0.05, 0.1) is 31.8 Å². The van der Waals surface area contributed by atoms with Crippen molar-refractivity contribution in [3.63, 3.8) is 0 Å². The van der Waals surface area contributed by atoms with Gasteiger partial charge in [-0.1, -0.05) is 13.8 Å². The molecule has 1 unspecified atom stereocenters. The Morgan fingerprint density at radius 3 is 2.77 bits per heavy atom. The second-order valence-electron chi connectivity index (χ2n) is 3.20. The number of ether oxygens (including phenoxy) is 1. The predicted octanol–water partition coefficient (Wildman–Crippen LogP) is 0.276. The number of rotatable bonds is 7. The van der Waals surface area contributed by atoms with Crippen LogP contribution >= 0.6 is 0 Å². The van der Waals surface area contributed by atoms with Crippen molar-refractivity contribution in [1.29, 1.82) is 5.26 Å². The van der Waals surface area contributed by atoms with Gasteiger partial charge in [0.2, 0.25) is 0 Å². The van der Waals surface area contributed by atoms with E-state index < -0.39 is 6.10 Å². The van der Waals surface area contributed by atoms with Crippen LogP contribution in [0.15, 0.2) is 0 Å². The molecule has 1 atom stereocenters. The molecule has 0 aromatic heterocycles. The molecule has 0 aromatic rings. The van der Waals surface area contributed by atoms with Gasteiger partial charge in [-0.15, -0.1) is 0 Å². The highest BCUT2D eigenvalue weighted by Crippen LogP contribution is 1.87. The van der Waals surface area contributed by atoms with E-state index in [0.29, 0.717) is 32.2 Å². The van der Waals surface area contributed by atoms with Crippen molar-refractivity contribution in [2.75, 3.05) is 19.8 Å². The molecule has 0 heterocycles. The van der Waals surface area contributed by atoms with Crippen molar-refractivity contribution in [1.82, 2.24) is 5.32 Å². The summed E-state index contributed by atoms with van der Waals surface area (Å²) in [4.78, 5) is 0. The molecule has 4 heteroatoms. The van der Waals surface area contributed by atoms with Crippen LogP contribution in [-0.2, 0) is 4.74 Å². The van der Waals surface area contributed by atoms with Crippen LogP contribution in [0.4, 0.5) is 0 Å². The number of aliphatic hydroxyl groups excluding tert-OH is 1. The van der Waals surface area contributed by atoms with Gasteiger partial charge in [0.1, 0.15) is 0 Å². The molecule has 0 bridgehead atoms. The summed E-state index contributed by atoms with van der Waals surface area (Å²) in [6.07, 6.45) is -0.106. The van der Waals surface area contributed by atoms with Gasteiger partial charge >= 0.3 is 0 Å². The Kier molecular flexibility index (Phi) is 7.60. The zero-order valence-corrected chi connectivity index (χ0v) is 8.29. The van der Waals surface area contributed by atoms with Crippen LogP contribution in [0.3, 0.4) is 0 Å². The Morgan fingerprint density at radius 1 is 1.54 bits per heavy atom. The van der Waals surface area contributed by atoms with Crippen LogP contribution in [0.25, 0.3) is 0 Å². The topological polar surface area (TPSA) is 65.3 Å². The van der Waals surface area contributed by atoms with Gasteiger partial charge in [0, 0.05) is 12.6 Å². The van der Waals surface area contributed by atoms with Crippen molar-refractivity contribution >= 4 is 0 Å². The minimum absolute atomic E-state index is 0.293. The molecule has 13 heavy (non-hydrogen) atoms. The van der Waals surface area contributed by atoms with Crippen LogP contribution in [0.5, 0.6) is 0 Å². The summed E-state index contributed by atoms with van der Waals surface area (Å²) in [6, 6.07) is 2.34. The molecule has 76 valence electrons. The number of aliphatic hydroxyl groups is 1. The van der Waals surface area contributed by atoms with Gasteiger partial charge in [0.15, 0.2) is 0 Å². The number of hydrogen-bond acceptors (Lipinski definition) is 4. The van der Waals surface area contributed by atoms with E-state index in [-0.39, 0.29) is 0 Å². The van der Waals surface area contributed by atoms with E-state index in [1.807, 2.05) is 19.9 Å². The fourth-order valence-electron chi connectivity index (χ4n) is 0.768. The van der Waals surface area contributed by atoms with Gasteiger partial charge in [0.25, 0.3) is 0 Å². The minimum atomic E-state index is -0.485. The monoisotopic (exact) mass is 186 g/mol. The normalized spacial score (nSPS) is 12.8. The fraction of sp³-hybridized carbons (Fsp3) is 0.889. The largest absolute Gasteiger partial charge is 0.389 e. The molecule has 0 fully saturated rings. The van der Waals surface area contributed by atoms with E-state index in [0.717, 1.165) is 0 Å². The lowest BCUT2D eigenvalue weighted by molar-refractivity contribution is 0.0385. The van der Waals surface area contributed by atoms with Crippen molar-refractivity contribution in [2.24, 2.45) is 0 Å². The number of hydrogen-bond donors (Lipinski definition) is 2. The molecular formula is C9H18N2O2. The summed E-state index contributed by atoms with van der Waals surface area (Å²) in [6.45, 7) is 5.26. The van der Waals surface area contributed by atoms with Crippen LogP contribution < -0.4 is 5.32 Å². The van der Waals surface area contributed by atoms with Gasteiger partial charge in [-0.3, -0.25) is 0 Å². The molecule has 0 aromatic carbocycles. The molecule has 0 saturated heterocycles. The maximum absolute atomic E-state index is 9.33. The highest BCUT2D eigenvalue weighted by molar-refractivity contribution is 4.68. The fourth-order valence-corrected chi connectivity index (χ4v) is 0.768. The lowest BCUT2D eigenvalue weighted by Gasteiger charge is -2.13. The van der Waals surface area contributed by atoms with E-state index in [1.54, 1.807) is 0 Å². The van der Waals surface area contributed by atoms with Crippen molar-refractivity contribution in [3.05, 3.63) is 0 Å².